The lowest BCUT2D eigenvalue weighted by Gasteiger charge is -2.26. The first-order valence-corrected chi connectivity index (χ1v) is 12.3. The Morgan fingerprint density at radius 3 is 2.24 bits per heavy atom. The molecule has 0 atom stereocenters. The molecule has 0 spiro atoms. The molecule has 3 aromatic carbocycles. The highest BCUT2D eigenvalue weighted by Gasteiger charge is 2.29. The number of nitrogens with zero attached hydrogens (tertiary/aromatic N) is 1. The van der Waals surface area contributed by atoms with E-state index in [0.29, 0.717) is 11.3 Å². The van der Waals surface area contributed by atoms with Gasteiger partial charge in [-0.1, -0.05) is 42.0 Å². The minimum Gasteiger partial charge on any atom is -0.462 e. The van der Waals surface area contributed by atoms with Gasteiger partial charge in [-0.2, -0.15) is 0 Å². The van der Waals surface area contributed by atoms with Gasteiger partial charge in [0, 0.05) is 0 Å². The van der Waals surface area contributed by atoms with Crippen LogP contribution in [0.25, 0.3) is 0 Å². The van der Waals surface area contributed by atoms with E-state index in [0.717, 1.165) is 15.4 Å². The van der Waals surface area contributed by atoms with Crippen molar-refractivity contribution < 1.29 is 22.7 Å². The highest BCUT2D eigenvalue weighted by molar-refractivity contribution is 7.92. The highest BCUT2D eigenvalue weighted by atomic mass is 32.2. The van der Waals surface area contributed by atoms with E-state index in [-0.39, 0.29) is 22.8 Å². The van der Waals surface area contributed by atoms with Crippen LogP contribution in [-0.4, -0.2) is 33.4 Å². The Kier molecular flexibility index (Phi) is 7.73. The van der Waals surface area contributed by atoms with Crippen molar-refractivity contribution in [3.05, 3.63) is 89.0 Å². The minimum atomic E-state index is -4.05. The summed E-state index contributed by atoms with van der Waals surface area (Å²) in [6.07, 6.45) is 0. The Bertz CT molecular complexity index is 1300. The number of carbonyl (C=O) groups is 2. The lowest BCUT2D eigenvalue weighted by atomic mass is 10.1. The van der Waals surface area contributed by atoms with Gasteiger partial charge in [0.05, 0.1) is 28.4 Å². The monoisotopic (exact) mass is 480 g/mol. The molecule has 1 amide bonds. The minimum absolute atomic E-state index is 0.0822. The van der Waals surface area contributed by atoms with E-state index < -0.39 is 28.4 Å². The van der Waals surface area contributed by atoms with E-state index >= 15 is 0 Å². The van der Waals surface area contributed by atoms with Crippen molar-refractivity contribution >= 4 is 33.3 Å². The summed E-state index contributed by atoms with van der Waals surface area (Å²) in [5.41, 5.74) is 3.34. The third-order valence-electron chi connectivity index (χ3n) is 5.23. The van der Waals surface area contributed by atoms with Crippen molar-refractivity contribution in [2.75, 3.05) is 22.8 Å². The SMILES string of the molecule is CCOC(=O)c1ccccc1NC(=O)CN(c1cc(C)ccc1C)S(=O)(=O)c1ccc(C)cc1. The summed E-state index contributed by atoms with van der Waals surface area (Å²) in [5.74, 6) is -1.16. The number of hydrogen-bond acceptors (Lipinski definition) is 5. The van der Waals surface area contributed by atoms with E-state index in [1.54, 1.807) is 56.3 Å². The fourth-order valence-electron chi connectivity index (χ4n) is 3.42. The van der Waals surface area contributed by atoms with Crippen molar-refractivity contribution in [3.63, 3.8) is 0 Å². The molecule has 1 N–H and O–H groups in total. The van der Waals surface area contributed by atoms with E-state index in [1.165, 1.54) is 12.1 Å². The van der Waals surface area contributed by atoms with Gasteiger partial charge in [-0.05, 0) is 69.2 Å². The molecule has 3 aromatic rings. The van der Waals surface area contributed by atoms with Crippen LogP contribution in [0.3, 0.4) is 0 Å². The predicted octanol–water partition coefficient (Wildman–Crippen LogP) is 4.62. The molecule has 0 aromatic heterocycles. The molecule has 0 saturated heterocycles. The molecule has 0 fully saturated rings. The average Bonchev–Trinajstić information content (AvgIpc) is 2.80. The van der Waals surface area contributed by atoms with Crippen LogP contribution in [0.1, 0.15) is 34.0 Å². The number of hydrogen-bond donors (Lipinski definition) is 1. The molecular weight excluding hydrogens is 452 g/mol. The molecule has 0 aliphatic carbocycles. The van der Waals surface area contributed by atoms with Crippen LogP contribution in [0.4, 0.5) is 11.4 Å². The molecular formula is C26H28N2O5S. The highest BCUT2D eigenvalue weighted by Crippen LogP contribution is 2.28. The fourth-order valence-corrected chi connectivity index (χ4v) is 4.90. The first-order valence-electron chi connectivity index (χ1n) is 10.9. The Balaban J connectivity index is 1.99. The molecule has 7 nitrogen and oxygen atoms in total. The summed E-state index contributed by atoms with van der Waals surface area (Å²) in [7, 11) is -4.05. The van der Waals surface area contributed by atoms with Crippen molar-refractivity contribution in [2.24, 2.45) is 0 Å². The summed E-state index contributed by atoms with van der Waals surface area (Å²) in [5, 5.41) is 2.67. The first kappa shape index (κ1) is 25.0. The maximum Gasteiger partial charge on any atom is 0.340 e. The number of benzene rings is 3. The molecule has 178 valence electrons. The Labute approximate surface area is 200 Å². The maximum absolute atomic E-state index is 13.6. The largest absolute Gasteiger partial charge is 0.462 e. The number of ether oxygens (including phenoxy) is 1. The zero-order valence-electron chi connectivity index (χ0n) is 19.7. The molecule has 0 saturated carbocycles. The number of anilines is 2. The van der Waals surface area contributed by atoms with Crippen LogP contribution in [0.5, 0.6) is 0 Å². The number of esters is 1. The number of nitrogens with one attached hydrogen (secondary N) is 1. The summed E-state index contributed by atoms with van der Waals surface area (Å²) in [4.78, 5) is 25.4. The van der Waals surface area contributed by atoms with Gasteiger partial charge in [-0.25, -0.2) is 13.2 Å². The van der Waals surface area contributed by atoms with Crippen molar-refractivity contribution in [1.82, 2.24) is 0 Å². The number of carbonyl (C=O) groups excluding carboxylic acids is 2. The average molecular weight is 481 g/mol. The van der Waals surface area contributed by atoms with Crippen LogP contribution in [0.2, 0.25) is 0 Å². The molecule has 0 radical (unpaired) electrons. The van der Waals surface area contributed by atoms with Crippen LogP contribution in [0.15, 0.2) is 71.6 Å². The summed E-state index contributed by atoms with van der Waals surface area (Å²) < 4.78 is 33.4. The molecule has 34 heavy (non-hydrogen) atoms. The van der Waals surface area contributed by atoms with Crippen LogP contribution < -0.4 is 9.62 Å². The van der Waals surface area contributed by atoms with Crippen molar-refractivity contribution in [1.29, 1.82) is 0 Å². The second kappa shape index (κ2) is 10.5. The molecule has 0 unspecified atom stereocenters. The van der Waals surface area contributed by atoms with Gasteiger partial charge >= 0.3 is 5.97 Å². The quantitative estimate of drug-likeness (QED) is 0.475. The van der Waals surface area contributed by atoms with Gasteiger partial charge in [-0.3, -0.25) is 9.10 Å². The normalized spacial score (nSPS) is 11.1. The second-order valence-corrected chi connectivity index (χ2v) is 9.79. The lowest BCUT2D eigenvalue weighted by Crippen LogP contribution is -2.38. The summed E-state index contributed by atoms with van der Waals surface area (Å²) in [6, 6.07) is 18.3. The second-order valence-electron chi connectivity index (χ2n) is 7.93. The summed E-state index contributed by atoms with van der Waals surface area (Å²) >= 11 is 0. The Morgan fingerprint density at radius 2 is 1.56 bits per heavy atom. The topological polar surface area (TPSA) is 92.8 Å². The first-order chi connectivity index (χ1) is 16.1. The number of sulfonamides is 1. The molecule has 0 bridgehead atoms. The van der Waals surface area contributed by atoms with Gasteiger partial charge in [-0.15, -0.1) is 0 Å². The summed E-state index contributed by atoms with van der Waals surface area (Å²) in [6.45, 7) is 6.92. The maximum atomic E-state index is 13.6. The Hall–Kier alpha value is -3.65. The number of aryl methyl sites for hydroxylation is 3. The number of para-hydroxylation sites is 1. The van der Waals surface area contributed by atoms with Gasteiger partial charge in [0.1, 0.15) is 6.54 Å². The zero-order valence-corrected chi connectivity index (χ0v) is 20.5. The Morgan fingerprint density at radius 1 is 0.912 bits per heavy atom. The van der Waals surface area contributed by atoms with Crippen LogP contribution in [0, 0.1) is 20.8 Å². The van der Waals surface area contributed by atoms with Gasteiger partial charge in [0.2, 0.25) is 5.91 Å². The van der Waals surface area contributed by atoms with E-state index in [2.05, 4.69) is 5.32 Å². The van der Waals surface area contributed by atoms with Crippen LogP contribution >= 0.6 is 0 Å². The van der Waals surface area contributed by atoms with E-state index in [4.69, 9.17) is 4.74 Å². The predicted molar refractivity (Wildman–Crippen MR) is 133 cm³/mol. The van der Waals surface area contributed by atoms with Crippen LogP contribution in [-0.2, 0) is 19.6 Å². The van der Waals surface area contributed by atoms with Crippen molar-refractivity contribution in [3.8, 4) is 0 Å². The molecule has 0 heterocycles. The third-order valence-corrected chi connectivity index (χ3v) is 7.00. The molecule has 0 aliphatic rings. The lowest BCUT2D eigenvalue weighted by molar-refractivity contribution is -0.114. The van der Waals surface area contributed by atoms with Gasteiger partial charge in [0.15, 0.2) is 0 Å². The van der Waals surface area contributed by atoms with E-state index in [9.17, 15) is 18.0 Å². The molecule has 8 heteroatoms. The van der Waals surface area contributed by atoms with Gasteiger partial charge < -0.3 is 10.1 Å². The third kappa shape index (κ3) is 5.63. The molecule has 0 aliphatic heterocycles. The number of amides is 1. The van der Waals surface area contributed by atoms with E-state index in [1.807, 2.05) is 26.0 Å². The standard InChI is InChI=1S/C26H28N2O5S/c1-5-33-26(30)22-8-6-7-9-23(22)27-25(29)17-28(24-16-19(3)10-13-20(24)4)34(31,32)21-14-11-18(2)12-15-21/h6-16H,5,17H2,1-4H3,(H,27,29). The zero-order chi connectivity index (χ0) is 24.9. The smallest absolute Gasteiger partial charge is 0.340 e. The number of rotatable bonds is 8. The van der Waals surface area contributed by atoms with Gasteiger partial charge in [0.25, 0.3) is 10.0 Å². The van der Waals surface area contributed by atoms with Crippen molar-refractivity contribution in [2.45, 2.75) is 32.6 Å². The molecule has 3 rings (SSSR count). The fraction of sp³-hybridized carbons (Fsp3) is 0.231.